The van der Waals surface area contributed by atoms with Gasteiger partial charge in [0.15, 0.2) is 0 Å². The molecule has 0 amide bonds. The van der Waals surface area contributed by atoms with Crippen LogP contribution in [0.4, 0.5) is 5.69 Å². The lowest BCUT2D eigenvalue weighted by Gasteiger charge is -2.37. The molecule has 0 aromatic heterocycles. The molecule has 2 N–H and O–H groups in total. The summed E-state index contributed by atoms with van der Waals surface area (Å²) in [6, 6.07) is 9.21. The summed E-state index contributed by atoms with van der Waals surface area (Å²) in [5, 5.41) is 0. The van der Waals surface area contributed by atoms with Gasteiger partial charge in [0, 0.05) is 18.3 Å². The second kappa shape index (κ2) is 5.94. The van der Waals surface area contributed by atoms with Crippen LogP contribution in [-0.2, 0) is 6.54 Å². The maximum atomic E-state index is 5.85. The van der Waals surface area contributed by atoms with Crippen LogP contribution < -0.4 is 5.73 Å². The van der Waals surface area contributed by atoms with Gasteiger partial charge in [-0.15, -0.1) is 12.4 Å². The number of likely N-dealkylation sites (tertiary alicyclic amines) is 1. The van der Waals surface area contributed by atoms with Gasteiger partial charge in [0.1, 0.15) is 0 Å². The minimum atomic E-state index is 0. The third-order valence-corrected chi connectivity index (χ3v) is 4.44. The van der Waals surface area contributed by atoms with Crippen molar-refractivity contribution in [1.29, 1.82) is 0 Å². The van der Waals surface area contributed by atoms with Crippen molar-refractivity contribution in [3.63, 3.8) is 0 Å². The molecule has 1 aromatic carbocycles. The van der Waals surface area contributed by atoms with Crippen molar-refractivity contribution in [1.82, 2.24) is 4.90 Å². The molecule has 18 heavy (non-hydrogen) atoms. The van der Waals surface area contributed by atoms with Crippen LogP contribution in [0.25, 0.3) is 0 Å². The Morgan fingerprint density at radius 3 is 2.67 bits per heavy atom. The summed E-state index contributed by atoms with van der Waals surface area (Å²) in [7, 11) is 0. The van der Waals surface area contributed by atoms with Crippen molar-refractivity contribution in [3.05, 3.63) is 29.8 Å². The van der Waals surface area contributed by atoms with Crippen molar-refractivity contribution in [2.24, 2.45) is 5.92 Å². The molecule has 0 spiro atoms. The predicted octanol–water partition coefficient (Wildman–Crippen LogP) is 3.46. The van der Waals surface area contributed by atoms with E-state index in [1.54, 1.807) is 0 Å². The Hall–Kier alpha value is -0.730. The van der Waals surface area contributed by atoms with E-state index in [1.807, 2.05) is 6.07 Å². The molecule has 0 radical (unpaired) electrons. The molecule has 1 atom stereocenters. The zero-order valence-electron chi connectivity index (χ0n) is 10.8. The first-order chi connectivity index (χ1) is 8.33. The van der Waals surface area contributed by atoms with Crippen molar-refractivity contribution >= 4 is 18.1 Å². The summed E-state index contributed by atoms with van der Waals surface area (Å²) < 4.78 is 0. The highest BCUT2D eigenvalue weighted by Gasteiger charge is 2.34. The molecule has 2 nitrogen and oxygen atoms in total. The summed E-state index contributed by atoms with van der Waals surface area (Å²) in [5.41, 5.74) is 8.11. The van der Waals surface area contributed by atoms with Gasteiger partial charge in [-0.05, 0) is 55.8 Å². The molecule has 0 bridgehead atoms. The zero-order chi connectivity index (χ0) is 11.7. The van der Waals surface area contributed by atoms with Crippen molar-refractivity contribution in [3.8, 4) is 0 Å². The number of hydrogen-bond acceptors (Lipinski definition) is 2. The minimum Gasteiger partial charge on any atom is -0.399 e. The van der Waals surface area contributed by atoms with Gasteiger partial charge < -0.3 is 5.73 Å². The van der Waals surface area contributed by atoms with E-state index >= 15 is 0 Å². The summed E-state index contributed by atoms with van der Waals surface area (Å²) >= 11 is 0. The first-order valence-corrected chi connectivity index (χ1v) is 6.91. The van der Waals surface area contributed by atoms with Crippen LogP contribution in [0.3, 0.4) is 0 Å². The van der Waals surface area contributed by atoms with Gasteiger partial charge in [-0.1, -0.05) is 18.6 Å². The fraction of sp³-hybridized carbons (Fsp3) is 0.600. The van der Waals surface area contributed by atoms with E-state index in [4.69, 9.17) is 5.73 Å². The van der Waals surface area contributed by atoms with Crippen LogP contribution in [0.2, 0.25) is 0 Å². The molecule has 1 saturated heterocycles. The van der Waals surface area contributed by atoms with Gasteiger partial charge in [-0.2, -0.15) is 0 Å². The Morgan fingerprint density at radius 2 is 2.00 bits per heavy atom. The normalized spacial score (nSPS) is 24.6. The van der Waals surface area contributed by atoms with Gasteiger partial charge in [0.25, 0.3) is 0 Å². The number of nitrogens with zero attached hydrogens (tertiary/aromatic N) is 1. The molecule has 2 fully saturated rings. The summed E-state index contributed by atoms with van der Waals surface area (Å²) in [4.78, 5) is 2.68. The Kier molecular flexibility index (Phi) is 4.52. The Balaban J connectivity index is 0.00000120. The van der Waals surface area contributed by atoms with Crippen LogP contribution >= 0.6 is 12.4 Å². The minimum absolute atomic E-state index is 0. The second-order valence-corrected chi connectivity index (χ2v) is 5.62. The van der Waals surface area contributed by atoms with Crippen molar-refractivity contribution < 1.29 is 0 Å². The smallest absolute Gasteiger partial charge is 0.0317 e. The van der Waals surface area contributed by atoms with Gasteiger partial charge in [0.05, 0.1) is 0 Å². The number of anilines is 1. The average molecular weight is 267 g/mol. The second-order valence-electron chi connectivity index (χ2n) is 5.62. The molecule has 100 valence electrons. The Labute approximate surface area is 116 Å². The van der Waals surface area contributed by atoms with Crippen LogP contribution in [0.15, 0.2) is 24.3 Å². The van der Waals surface area contributed by atoms with E-state index in [9.17, 15) is 0 Å². The highest BCUT2D eigenvalue weighted by molar-refractivity contribution is 5.85. The summed E-state index contributed by atoms with van der Waals surface area (Å²) in [5.74, 6) is 0.985. The average Bonchev–Trinajstić information content (AvgIpc) is 2.64. The van der Waals surface area contributed by atoms with E-state index < -0.39 is 0 Å². The van der Waals surface area contributed by atoms with E-state index in [0.29, 0.717) is 0 Å². The van der Waals surface area contributed by atoms with E-state index in [-0.39, 0.29) is 12.4 Å². The Bertz CT molecular complexity index is 390. The fourth-order valence-corrected chi connectivity index (χ4v) is 3.33. The third-order valence-electron chi connectivity index (χ3n) is 4.44. The standard InChI is InChI=1S/C15H22N2.ClH/c16-14-7-1-4-12(10-14)11-17-9-3-8-15(17)13-5-2-6-13;/h1,4,7,10,13,15H,2-3,5-6,8-9,11,16H2;1H. The van der Waals surface area contributed by atoms with Crippen LogP contribution in [0.1, 0.15) is 37.7 Å². The molecule has 3 rings (SSSR count). The SMILES string of the molecule is Cl.Nc1cccc(CN2CCCC2C2CCC2)c1. The third kappa shape index (κ3) is 2.81. The highest BCUT2D eigenvalue weighted by atomic mass is 35.5. The molecule has 1 saturated carbocycles. The first-order valence-electron chi connectivity index (χ1n) is 6.91. The largest absolute Gasteiger partial charge is 0.399 e. The monoisotopic (exact) mass is 266 g/mol. The molecule has 1 aliphatic heterocycles. The molecule has 2 aliphatic rings. The fourth-order valence-electron chi connectivity index (χ4n) is 3.33. The Morgan fingerprint density at radius 1 is 1.17 bits per heavy atom. The summed E-state index contributed by atoms with van der Waals surface area (Å²) in [6.45, 7) is 2.36. The van der Waals surface area contributed by atoms with Crippen molar-refractivity contribution in [2.75, 3.05) is 12.3 Å². The van der Waals surface area contributed by atoms with E-state index in [2.05, 4.69) is 23.1 Å². The van der Waals surface area contributed by atoms with E-state index in [1.165, 1.54) is 44.2 Å². The van der Waals surface area contributed by atoms with Gasteiger partial charge in [-0.25, -0.2) is 0 Å². The molecule has 1 heterocycles. The molecular formula is C15H23ClN2. The van der Waals surface area contributed by atoms with Gasteiger partial charge >= 0.3 is 0 Å². The van der Waals surface area contributed by atoms with Crippen molar-refractivity contribution in [2.45, 2.75) is 44.7 Å². The number of benzene rings is 1. The molecule has 1 aliphatic carbocycles. The lowest BCUT2D eigenvalue weighted by molar-refractivity contribution is 0.126. The molecule has 1 unspecified atom stereocenters. The van der Waals surface area contributed by atoms with Crippen LogP contribution in [-0.4, -0.2) is 17.5 Å². The topological polar surface area (TPSA) is 29.3 Å². The van der Waals surface area contributed by atoms with Crippen LogP contribution in [0.5, 0.6) is 0 Å². The summed E-state index contributed by atoms with van der Waals surface area (Å²) in [6.07, 6.45) is 7.15. The molecular weight excluding hydrogens is 244 g/mol. The number of rotatable bonds is 3. The zero-order valence-corrected chi connectivity index (χ0v) is 11.7. The quantitative estimate of drug-likeness (QED) is 0.849. The van der Waals surface area contributed by atoms with E-state index in [0.717, 1.165) is 24.2 Å². The van der Waals surface area contributed by atoms with Crippen LogP contribution in [0, 0.1) is 5.92 Å². The maximum absolute atomic E-state index is 5.85. The maximum Gasteiger partial charge on any atom is 0.0317 e. The number of nitrogen functional groups attached to an aromatic ring is 1. The predicted molar refractivity (Wildman–Crippen MR) is 78.9 cm³/mol. The number of nitrogens with two attached hydrogens (primary N) is 1. The lowest BCUT2D eigenvalue weighted by atomic mass is 9.79. The highest BCUT2D eigenvalue weighted by Crippen LogP contribution is 2.37. The van der Waals surface area contributed by atoms with Gasteiger partial charge in [0.2, 0.25) is 0 Å². The van der Waals surface area contributed by atoms with Gasteiger partial charge in [-0.3, -0.25) is 4.90 Å². The molecule has 1 aromatic rings. The first kappa shape index (κ1) is 13.7. The lowest BCUT2D eigenvalue weighted by Crippen LogP contribution is -2.38. The number of halogens is 1. The molecule has 3 heteroatoms. The number of hydrogen-bond donors (Lipinski definition) is 1.